The fraction of sp³-hybridized carbons (Fsp3) is 0.631. The van der Waals surface area contributed by atoms with Crippen LogP contribution in [-0.4, -0.2) is 87.5 Å². The van der Waals surface area contributed by atoms with E-state index in [1.807, 2.05) is 0 Å². The Morgan fingerprint density at radius 3 is 1.41 bits per heavy atom. The first kappa shape index (κ1) is 72.4. The highest BCUT2D eigenvalue weighted by Gasteiger charge is 2.30. The topological polar surface area (TPSA) is 307 Å². The van der Waals surface area contributed by atoms with Crippen molar-refractivity contribution in [3.63, 3.8) is 0 Å². The normalized spacial score (nSPS) is 26.3. The third-order valence-electron chi connectivity index (χ3n) is 16.7. The molecule has 0 aromatic carbocycles. The molecule has 468 valence electrons. The van der Waals surface area contributed by atoms with E-state index >= 15 is 0 Å². The lowest BCUT2D eigenvalue weighted by molar-refractivity contribution is -0.143. The number of nitrogens with two attached hydrogens (primary N) is 2. The molecule has 6 aliphatic rings. The van der Waals surface area contributed by atoms with Crippen molar-refractivity contribution in [2.45, 2.75) is 211 Å². The zero-order chi connectivity index (χ0) is 63.7. The molecule has 6 saturated carbocycles. The largest absolute Gasteiger partial charge is 0.481 e. The molecule has 0 spiro atoms. The van der Waals surface area contributed by atoms with Gasteiger partial charge >= 0.3 is 29.5 Å². The SMILES string of the molecule is COC(=O)c1cccoc1=O.C[C@@H]1CCC[C@H](C#N)C1.C[C@@H]1CCC[C@H](C(=O)O)C1.C[C@@H]1CCC[C@H](C(N)=O)C1.[C-]#[N+][C@@H]1CCC[C@H](N)C1.[C-]#[N+][C@@H]1CCC[C@H](n2cccc(C(=O)O)c2=O)C1.[C-]#[N+][C@@H]1CCC[C@H](n2cccc(C(=O)OC)c2=O)C1. The Hall–Kier alpha value is -7.88. The first-order valence-electron chi connectivity index (χ1n) is 30.3. The lowest BCUT2D eigenvalue weighted by Gasteiger charge is -2.24. The molecule has 0 saturated heterocycles. The van der Waals surface area contributed by atoms with Gasteiger partial charge in [-0.25, -0.2) is 38.9 Å². The molecule has 6 fully saturated rings. The van der Waals surface area contributed by atoms with Gasteiger partial charge in [-0.05, 0) is 131 Å². The Labute approximate surface area is 505 Å². The number of nitriles is 1. The number of aromatic carboxylic acids is 1. The fourth-order valence-electron chi connectivity index (χ4n) is 11.9. The Morgan fingerprint density at radius 1 is 0.581 bits per heavy atom. The Kier molecular flexibility index (Phi) is 32.8. The van der Waals surface area contributed by atoms with Gasteiger partial charge in [0.1, 0.15) is 16.7 Å². The number of carboxylic acids is 2. The van der Waals surface area contributed by atoms with Crippen molar-refractivity contribution in [1.29, 1.82) is 5.26 Å². The van der Waals surface area contributed by atoms with Crippen LogP contribution < -0.4 is 28.2 Å². The Balaban J connectivity index is 0.000000269. The molecule has 21 heteroatoms. The van der Waals surface area contributed by atoms with Gasteiger partial charge in [-0.15, -0.1) is 0 Å². The number of carboxylic acid groups (broad SMARTS) is 2. The zero-order valence-corrected chi connectivity index (χ0v) is 50.8. The van der Waals surface area contributed by atoms with E-state index in [0.717, 1.165) is 115 Å². The summed E-state index contributed by atoms with van der Waals surface area (Å²) in [5, 5.41) is 26.1. The van der Waals surface area contributed by atoms with Crippen molar-refractivity contribution >= 4 is 29.8 Å². The minimum absolute atomic E-state index is 0.00459. The number of nitrogens with zero attached hydrogens (tertiary/aromatic N) is 6. The average molecular weight is 1190 g/mol. The standard InChI is InChI=1S/C14H16N2O3.C13H14N2O3.C8H15NO.C8H13N.C8H14O2.C7H12N2.C7H6O4/c1-15-10-5-3-6-11(9-10)16-8-4-7-12(13(16)17)14(18)19-2;1-14-9-4-2-5-10(8-9)15-7-3-6-11(12(15)16)13(17)18;1-6-3-2-4-7(5-6)8(9)10;1-7-3-2-4-8(5-7)6-9;1-6-3-2-4-7(5-6)8(9)10;1-9-7-4-2-3-6(8)5-7;1-10-6(8)5-3-2-4-11-7(5)9/h4,7-8,10-11H,3,5-6,9H2,2H3;3,6-7,9-10H,2,4-5,8H2,(H,17,18);6-7H,2-5H2,1H3,(H2,9,10);7-8H,2-5H2,1H3;6-7H,2-5H2,1H3,(H,9,10);6-7H,2-5,8H2;2-4H,1H3/t10-,11+;9-,10+;6-,7+;7-,8+;2*6-,7+;/m111110./s1. The number of amides is 1. The van der Waals surface area contributed by atoms with Gasteiger partial charge in [0.25, 0.3) is 11.1 Å². The maximum Gasteiger partial charge on any atom is 0.350 e. The monoisotopic (exact) mass is 1190 g/mol. The fourth-order valence-corrected chi connectivity index (χ4v) is 11.9. The van der Waals surface area contributed by atoms with Gasteiger partial charge in [-0.2, -0.15) is 5.26 Å². The van der Waals surface area contributed by atoms with E-state index in [2.05, 4.69) is 55.3 Å². The Morgan fingerprint density at radius 2 is 1.01 bits per heavy atom. The van der Waals surface area contributed by atoms with Crippen molar-refractivity contribution in [3.8, 4) is 6.07 Å². The van der Waals surface area contributed by atoms with Gasteiger partial charge in [0.05, 0.1) is 32.5 Å². The highest BCUT2D eigenvalue weighted by Crippen LogP contribution is 2.32. The summed E-state index contributed by atoms with van der Waals surface area (Å²) in [7, 11) is 2.46. The summed E-state index contributed by atoms with van der Waals surface area (Å²) >= 11 is 0. The van der Waals surface area contributed by atoms with Gasteiger partial charge in [0.2, 0.25) is 24.0 Å². The molecule has 21 nitrogen and oxygen atoms in total. The zero-order valence-electron chi connectivity index (χ0n) is 50.8. The quantitative estimate of drug-likeness (QED) is 0.126. The predicted molar refractivity (Wildman–Crippen MR) is 324 cm³/mol. The molecule has 3 aromatic heterocycles. The first-order chi connectivity index (χ1) is 41.1. The molecule has 0 radical (unpaired) electrons. The van der Waals surface area contributed by atoms with Crippen LogP contribution in [0.4, 0.5) is 0 Å². The summed E-state index contributed by atoms with van der Waals surface area (Å²) in [5.41, 5.74) is 9.12. The molecular weight excluding hydrogens is 1100 g/mol. The number of primary amides is 1. The number of aliphatic carboxylic acids is 1. The number of esters is 2. The molecule has 6 aliphatic carbocycles. The third kappa shape index (κ3) is 25.0. The van der Waals surface area contributed by atoms with E-state index < -0.39 is 35.1 Å². The van der Waals surface area contributed by atoms with Crippen LogP contribution in [0.1, 0.15) is 218 Å². The molecule has 0 aliphatic heterocycles. The number of ether oxygens (including phenoxy) is 2. The first-order valence-corrected chi connectivity index (χ1v) is 30.3. The van der Waals surface area contributed by atoms with Crippen LogP contribution in [-0.2, 0) is 19.1 Å². The molecule has 9 rings (SSSR count). The number of carbonyl (C=O) groups excluding carboxylic acids is 3. The smallest absolute Gasteiger partial charge is 0.350 e. The van der Waals surface area contributed by atoms with Crippen molar-refractivity contribution < 1.29 is 48.1 Å². The maximum absolute atomic E-state index is 12.2. The lowest BCUT2D eigenvalue weighted by atomic mass is 9.82. The number of hydrogen-bond donors (Lipinski definition) is 4. The second-order valence-corrected chi connectivity index (χ2v) is 23.6. The van der Waals surface area contributed by atoms with Gasteiger partial charge < -0.3 is 59.2 Å². The average Bonchev–Trinajstić information content (AvgIpc) is 3.43. The molecule has 0 bridgehead atoms. The van der Waals surface area contributed by atoms with E-state index in [4.69, 9.17) is 46.7 Å². The summed E-state index contributed by atoms with van der Waals surface area (Å²) in [6, 6.07) is 11.6. The van der Waals surface area contributed by atoms with Gasteiger partial charge in [0.15, 0.2) is 0 Å². The van der Waals surface area contributed by atoms with Crippen LogP contribution in [0.15, 0.2) is 73.9 Å². The molecule has 3 aromatic rings. The highest BCUT2D eigenvalue weighted by molar-refractivity contribution is 5.89. The second-order valence-electron chi connectivity index (χ2n) is 23.6. The van der Waals surface area contributed by atoms with Crippen LogP contribution in [0.5, 0.6) is 0 Å². The number of methoxy groups -OCH3 is 2. The van der Waals surface area contributed by atoms with Gasteiger partial charge in [0, 0.05) is 80.9 Å². The van der Waals surface area contributed by atoms with Crippen molar-refractivity contribution in [2.24, 2.45) is 47.0 Å². The molecule has 6 N–H and O–H groups in total. The Bertz CT molecular complexity index is 2940. The van der Waals surface area contributed by atoms with E-state index in [0.29, 0.717) is 36.6 Å². The summed E-state index contributed by atoms with van der Waals surface area (Å²) in [5.74, 6) is -0.605. The summed E-state index contributed by atoms with van der Waals surface area (Å²) in [6.07, 6.45) is 28.8. The van der Waals surface area contributed by atoms with E-state index in [1.165, 1.54) is 81.4 Å². The number of carbonyl (C=O) groups is 5. The summed E-state index contributed by atoms with van der Waals surface area (Å²) in [4.78, 5) is 100.0. The highest BCUT2D eigenvalue weighted by atomic mass is 16.5. The van der Waals surface area contributed by atoms with Crippen molar-refractivity contribution in [3.05, 3.63) is 137 Å². The molecule has 3 heterocycles. The second kappa shape index (κ2) is 38.9. The minimum atomic E-state index is -1.20. The van der Waals surface area contributed by atoms with Crippen LogP contribution in [0.25, 0.3) is 14.5 Å². The van der Waals surface area contributed by atoms with Crippen LogP contribution in [0, 0.1) is 66.6 Å². The van der Waals surface area contributed by atoms with Gasteiger partial charge in [-0.1, -0.05) is 59.3 Å². The van der Waals surface area contributed by atoms with Crippen molar-refractivity contribution in [2.75, 3.05) is 14.2 Å². The molecular formula is C65H90N8O13. The minimum Gasteiger partial charge on any atom is -0.481 e. The van der Waals surface area contributed by atoms with Gasteiger partial charge in [-0.3, -0.25) is 19.2 Å². The maximum atomic E-state index is 12.2. The molecule has 1 amide bonds. The van der Waals surface area contributed by atoms with Crippen LogP contribution in [0.3, 0.4) is 0 Å². The van der Waals surface area contributed by atoms with E-state index in [9.17, 15) is 38.4 Å². The van der Waals surface area contributed by atoms with Crippen molar-refractivity contribution in [1.82, 2.24) is 9.13 Å². The molecule has 12 atom stereocenters. The van der Waals surface area contributed by atoms with Crippen LogP contribution in [0.2, 0.25) is 0 Å². The number of aromatic nitrogens is 2. The number of hydrogen-bond acceptors (Lipinski definition) is 13. The summed E-state index contributed by atoms with van der Waals surface area (Å²) < 4.78 is 16.4. The number of pyridine rings is 2. The van der Waals surface area contributed by atoms with E-state index in [1.54, 1.807) is 29.1 Å². The molecule has 0 unspecified atom stereocenters. The summed E-state index contributed by atoms with van der Waals surface area (Å²) in [6.45, 7) is 27.5. The lowest BCUT2D eigenvalue weighted by Crippen LogP contribution is -2.32. The van der Waals surface area contributed by atoms with E-state index in [-0.39, 0.29) is 70.2 Å². The van der Waals surface area contributed by atoms with Crippen LogP contribution >= 0.6 is 0 Å². The third-order valence-corrected chi connectivity index (χ3v) is 16.7. The number of rotatable bonds is 7. The molecule has 86 heavy (non-hydrogen) atoms. The predicted octanol–water partition coefficient (Wildman–Crippen LogP) is 11.1.